The van der Waals surface area contributed by atoms with Crippen LogP contribution in [-0.2, 0) is 9.59 Å². The van der Waals surface area contributed by atoms with Gasteiger partial charge in [0.25, 0.3) is 5.91 Å². The molecule has 2 saturated heterocycles. The van der Waals surface area contributed by atoms with Gasteiger partial charge in [0.15, 0.2) is 18.1 Å². The summed E-state index contributed by atoms with van der Waals surface area (Å²) in [4.78, 5) is 42.6. The van der Waals surface area contributed by atoms with Crippen molar-refractivity contribution in [2.75, 3.05) is 52.2 Å². The molecule has 230 valence electrons. The van der Waals surface area contributed by atoms with Crippen LogP contribution in [0.4, 0.5) is 16.0 Å². The zero-order chi connectivity index (χ0) is 31.4. The van der Waals surface area contributed by atoms with Crippen LogP contribution in [0, 0.1) is 11.3 Å². The first-order valence-electron chi connectivity index (χ1n) is 14.1. The number of nitrogens with one attached hydrogen (secondary N) is 1. The Bertz CT molecular complexity index is 1550. The zero-order valence-corrected chi connectivity index (χ0v) is 24.3. The number of amides is 2. The summed E-state index contributed by atoms with van der Waals surface area (Å²) in [7, 11) is 3.74. The molecule has 0 radical (unpaired) electrons. The van der Waals surface area contributed by atoms with Crippen molar-refractivity contribution in [2.24, 2.45) is 0 Å². The van der Waals surface area contributed by atoms with E-state index in [2.05, 4.69) is 26.3 Å². The molecule has 44 heavy (non-hydrogen) atoms. The molecule has 2 amide bonds. The first-order valence-corrected chi connectivity index (χ1v) is 14.1. The summed E-state index contributed by atoms with van der Waals surface area (Å²) in [6.45, 7) is 0.583. The van der Waals surface area contributed by atoms with Gasteiger partial charge in [-0.15, -0.1) is 0 Å². The third kappa shape index (κ3) is 6.60. The maximum atomic E-state index is 14.9. The molecule has 0 aliphatic carbocycles. The van der Waals surface area contributed by atoms with Crippen molar-refractivity contribution in [1.82, 2.24) is 29.7 Å². The van der Waals surface area contributed by atoms with Gasteiger partial charge in [-0.2, -0.15) is 10.2 Å². The van der Waals surface area contributed by atoms with Gasteiger partial charge in [-0.25, -0.2) is 14.4 Å². The summed E-state index contributed by atoms with van der Waals surface area (Å²) in [5, 5.41) is 31.5. The first-order chi connectivity index (χ1) is 21.2. The van der Waals surface area contributed by atoms with Crippen LogP contribution in [0.1, 0.15) is 23.6 Å². The number of ether oxygens (including phenoxy) is 1. The van der Waals surface area contributed by atoms with E-state index in [-0.39, 0.29) is 48.7 Å². The molecule has 3 N–H and O–H groups in total. The van der Waals surface area contributed by atoms with Crippen LogP contribution in [0.25, 0.3) is 11.4 Å². The normalized spacial score (nSPS) is 21.5. The summed E-state index contributed by atoms with van der Waals surface area (Å²) in [5.41, 5.74) is 2.28. The highest BCUT2D eigenvalue weighted by atomic mass is 19.1. The van der Waals surface area contributed by atoms with Crippen molar-refractivity contribution >= 4 is 23.5 Å². The number of likely N-dealkylation sites (tertiary alicyclic amines) is 1. The van der Waals surface area contributed by atoms with E-state index in [9.17, 15) is 24.3 Å². The van der Waals surface area contributed by atoms with Gasteiger partial charge < -0.3 is 30.1 Å². The molecule has 1 unspecified atom stereocenters. The number of likely N-dealkylation sites (N-methyl/N-ethyl adjacent to an activating group) is 2. The number of carbonyl (C=O) groups is 2. The van der Waals surface area contributed by atoms with Crippen molar-refractivity contribution < 1.29 is 28.9 Å². The number of halogens is 1. The van der Waals surface area contributed by atoms with E-state index >= 15 is 0 Å². The van der Waals surface area contributed by atoms with Gasteiger partial charge in [-0.1, -0.05) is 12.1 Å². The number of carbonyl (C=O) groups excluding carboxylic acids is 2. The maximum absolute atomic E-state index is 14.9. The Morgan fingerprint density at radius 3 is 2.66 bits per heavy atom. The number of alkyl halides is 1. The summed E-state index contributed by atoms with van der Waals surface area (Å²) in [5.74, 6) is 0.0731. The molecule has 2 fully saturated rings. The number of piperidine rings is 1. The lowest BCUT2D eigenvalue weighted by molar-refractivity contribution is -0.146. The van der Waals surface area contributed by atoms with Crippen molar-refractivity contribution in [2.45, 2.75) is 30.8 Å². The van der Waals surface area contributed by atoms with Gasteiger partial charge in [0.05, 0.1) is 18.7 Å². The number of hydrogen-bond donors (Lipinski definition) is 3. The number of piperazine rings is 1. The Morgan fingerprint density at radius 2 is 1.95 bits per heavy atom. The van der Waals surface area contributed by atoms with E-state index in [1.807, 2.05) is 36.2 Å². The van der Waals surface area contributed by atoms with Gasteiger partial charge in [-0.05, 0) is 42.9 Å². The van der Waals surface area contributed by atoms with Crippen LogP contribution in [0.3, 0.4) is 0 Å². The summed E-state index contributed by atoms with van der Waals surface area (Å²) < 4.78 is 20.7. The Labute approximate surface area is 253 Å². The molecule has 2 aliphatic heterocycles. The highest BCUT2D eigenvalue weighted by Gasteiger charge is 2.35. The minimum atomic E-state index is -1.59. The Kier molecular flexibility index (Phi) is 9.29. The highest BCUT2D eigenvalue weighted by molar-refractivity contribution is 5.84. The second-order valence-corrected chi connectivity index (χ2v) is 10.8. The number of aliphatic hydroxyl groups is 2. The Balaban J connectivity index is 1.25. The first kappa shape index (κ1) is 30.7. The van der Waals surface area contributed by atoms with Gasteiger partial charge in [-0.3, -0.25) is 14.5 Å². The number of anilines is 2. The lowest BCUT2D eigenvalue weighted by atomic mass is 10.0. The molecule has 13 nitrogen and oxygen atoms in total. The Hall–Kier alpha value is -4.71. The minimum absolute atomic E-state index is 0.0519. The molecule has 4 atom stereocenters. The zero-order valence-electron chi connectivity index (χ0n) is 24.3. The fraction of sp³-hybridized carbons (Fsp3) is 0.400. The average molecular weight is 605 g/mol. The van der Waals surface area contributed by atoms with Crippen molar-refractivity contribution in [3.63, 3.8) is 0 Å². The molecule has 14 heteroatoms. The molecule has 2 aromatic carbocycles. The quantitative estimate of drug-likeness (QED) is 0.339. The van der Waals surface area contributed by atoms with Crippen molar-refractivity contribution in [3.05, 3.63) is 59.9 Å². The smallest absolute Gasteiger partial charge is 0.253 e. The minimum Gasteiger partial charge on any atom is -0.486 e. The summed E-state index contributed by atoms with van der Waals surface area (Å²) >= 11 is 0. The van der Waals surface area contributed by atoms with E-state index in [0.717, 1.165) is 17.0 Å². The molecule has 0 saturated carbocycles. The van der Waals surface area contributed by atoms with Gasteiger partial charge in [0, 0.05) is 44.4 Å². The molecule has 2 aliphatic rings. The number of rotatable bonds is 8. The van der Waals surface area contributed by atoms with E-state index in [1.54, 1.807) is 30.1 Å². The van der Waals surface area contributed by atoms with E-state index in [0.29, 0.717) is 23.6 Å². The van der Waals surface area contributed by atoms with Gasteiger partial charge in [0.1, 0.15) is 30.3 Å². The number of aromatic nitrogens is 3. The maximum Gasteiger partial charge on any atom is 0.253 e. The summed E-state index contributed by atoms with van der Waals surface area (Å²) in [6.07, 6.45) is -2.56. The molecular weight excluding hydrogens is 571 g/mol. The molecule has 1 aromatic heterocycles. The van der Waals surface area contributed by atoms with Crippen molar-refractivity contribution in [3.8, 4) is 23.2 Å². The third-order valence-electron chi connectivity index (χ3n) is 7.78. The molecule has 3 heterocycles. The second kappa shape index (κ2) is 13.3. The third-order valence-corrected chi connectivity index (χ3v) is 7.78. The molecule has 0 spiro atoms. The summed E-state index contributed by atoms with van der Waals surface area (Å²) in [6, 6.07) is 13.9. The fourth-order valence-electron chi connectivity index (χ4n) is 5.24. The van der Waals surface area contributed by atoms with Crippen LogP contribution in [0.2, 0.25) is 0 Å². The van der Waals surface area contributed by atoms with Crippen LogP contribution < -0.4 is 10.1 Å². The fourth-order valence-corrected chi connectivity index (χ4v) is 5.24. The number of nitriles is 1. The predicted molar refractivity (Wildman–Crippen MR) is 156 cm³/mol. The largest absolute Gasteiger partial charge is 0.486 e. The number of hydrogen-bond acceptors (Lipinski definition) is 11. The SMILES string of the molecule is CN1CCN(C)[C@H](c2ccc(Nc3ncnc(-c4ccc(O[C@H]5CCN(C(=O)C(O)CO)C[C@H]5F)c(C#N)c4)n3)cc2)C1=O. The molecule has 5 rings (SSSR count). The molecular formula is C30H33FN8O5. The van der Waals surface area contributed by atoms with Crippen LogP contribution in [0.5, 0.6) is 5.75 Å². The van der Waals surface area contributed by atoms with Crippen LogP contribution in [-0.4, -0.2) is 117 Å². The van der Waals surface area contributed by atoms with E-state index < -0.39 is 30.9 Å². The number of benzene rings is 2. The van der Waals surface area contributed by atoms with Gasteiger partial charge in [0.2, 0.25) is 11.9 Å². The monoisotopic (exact) mass is 604 g/mol. The standard InChI is InChI=1S/C30H33FN8O5/c1-37-11-12-38(2)29(43)26(37)18-3-6-21(7-4-18)35-30-34-17-33-27(36-30)19-5-8-24(20(13-19)14-32)44-25-9-10-39(15-22(25)31)28(42)23(41)16-40/h3-8,13,17,22-23,25-26,40-41H,9-12,15-16H2,1-2H3,(H,33,34,35,36)/t22-,23?,25+,26-/m1/s1. The average Bonchev–Trinajstić information content (AvgIpc) is 3.04. The van der Waals surface area contributed by atoms with Crippen LogP contribution >= 0.6 is 0 Å². The Morgan fingerprint density at radius 1 is 1.18 bits per heavy atom. The lowest BCUT2D eigenvalue weighted by Crippen LogP contribution is -2.52. The topological polar surface area (TPSA) is 168 Å². The van der Waals surface area contributed by atoms with Gasteiger partial charge >= 0.3 is 0 Å². The van der Waals surface area contributed by atoms with E-state index in [4.69, 9.17) is 9.84 Å². The van der Waals surface area contributed by atoms with Crippen LogP contribution in [0.15, 0.2) is 48.8 Å². The van der Waals surface area contributed by atoms with E-state index in [1.165, 1.54) is 6.33 Å². The lowest BCUT2D eigenvalue weighted by Gasteiger charge is -2.37. The van der Waals surface area contributed by atoms with Crippen molar-refractivity contribution in [1.29, 1.82) is 5.26 Å². The molecule has 3 aromatic rings. The highest BCUT2D eigenvalue weighted by Crippen LogP contribution is 2.29. The predicted octanol–water partition coefficient (Wildman–Crippen LogP) is 1.27. The molecule has 0 bridgehead atoms. The number of nitrogens with zero attached hydrogens (tertiary/aromatic N) is 7. The number of aliphatic hydroxyl groups excluding tert-OH is 2. The second-order valence-electron chi connectivity index (χ2n) is 10.8.